The summed E-state index contributed by atoms with van der Waals surface area (Å²) >= 11 is 0. The Morgan fingerprint density at radius 1 is 1.00 bits per heavy atom. The van der Waals surface area contributed by atoms with E-state index in [9.17, 15) is 5.26 Å². The highest BCUT2D eigenvalue weighted by Crippen LogP contribution is 2.24. The molecule has 0 radical (unpaired) electrons. The predicted molar refractivity (Wildman–Crippen MR) is 92.2 cm³/mol. The molecule has 0 saturated carbocycles. The molecule has 0 bridgehead atoms. The van der Waals surface area contributed by atoms with Gasteiger partial charge in [-0.1, -0.05) is 30.3 Å². The van der Waals surface area contributed by atoms with Crippen LogP contribution in [0.25, 0.3) is 17.3 Å². The summed E-state index contributed by atoms with van der Waals surface area (Å²) in [5.74, 6) is 0.754. The lowest BCUT2D eigenvalue weighted by molar-refractivity contribution is 0.414. The summed E-state index contributed by atoms with van der Waals surface area (Å²) in [6, 6.07) is 21.8. The maximum atomic E-state index is 9.49. The average molecular weight is 300 g/mol. The van der Waals surface area contributed by atoms with Crippen molar-refractivity contribution >= 4 is 11.6 Å². The maximum absolute atomic E-state index is 9.49. The lowest BCUT2D eigenvalue weighted by atomic mass is 10.0. The van der Waals surface area contributed by atoms with Crippen molar-refractivity contribution in [3.05, 3.63) is 84.2 Å². The first-order chi connectivity index (χ1) is 11.3. The minimum atomic E-state index is 0.605. The number of allylic oxidation sites excluding steroid dienone is 1. The van der Waals surface area contributed by atoms with Gasteiger partial charge in [-0.15, -0.1) is 0 Å². The Hall–Kier alpha value is -3.25. The Morgan fingerprint density at radius 3 is 2.35 bits per heavy atom. The van der Waals surface area contributed by atoms with Gasteiger partial charge in [-0.2, -0.15) is 5.26 Å². The highest BCUT2D eigenvalue weighted by molar-refractivity contribution is 5.90. The minimum Gasteiger partial charge on any atom is -0.496 e. The monoisotopic (exact) mass is 300 g/mol. The van der Waals surface area contributed by atoms with Crippen molar-refractivity contribution in [3.8, 4) is 17.5 Å². The maximum Gasteiger partial charge on any atom is 0.126 e. The third kappa shape index (κ3) is 3.17. The normalized spacial score (nSPS) is 11.0. The summed E-state index contributed by atoms with van der Waals surface area (Å²) in [7, 11) is 1.63. The molecule has 0 atom stereocenters. The minimum absolute atomic E-state index is 0.605. The number of para-hydroxylation sites is 1. The van der Waals surface area contributed by atoms with Crippen molar-refractivity contribution in [2.24, 2.45) is 0 Å². The molecule has 1 aromatic heterocycles. The van der Waals surface area contributed by atoms with E-state index in [1.165, 1.54) is 0 Å². The molecule has 0 amide bonds. The molecule has 0 unspecified atom stereocenters. The molecule has 1 heterocycles. The van der Waals surface area contributed by atoms with E-state index in [0.29, 0.717) is 5.57 Å². The number of hydrogen-bond acceptors (Lipinski definition) is 2. The summed E-state index contributed by atoms with van der Waals surface area (Å²) in [6.45, 7) is 0. The van der Waals surface area contributed by atoms with Gasteiger partial charge in [0.25, 0.3) is 0 Å². The molecule has 3 aromatic rings. The van der Waals surface area contributed by atoms with Gasteiger partial charge in [-0.25, -0.2) is 0 Å². The van der Waals surface area contributed by atoms with Crippen molar-refractivity contribution in [2.75, 3.05) is 7.11 Å². The first-order valence-electron chi connectivity index (χ1n) is 7.30. The smallest absolute Gasteiger partial charge is 0.126 e. The molecule has 23 heavy (non-hydrogen) atoms. The van der Waals surface area contributed by atoms with Gasteiger partial charge in [0.2, 0.25) is 0 Å². The molecular weight excluding hydrogens is 284 g/mol. The van der Waals surface area contributed by atoms with Gasteiger partial charge < -0.3 is 9.30 Å². The molecule has 0 fully saturated rings. The van der Waals surface area contributed by atoms with E-state index in [4.69, 9.17) is 4.74 Å². The molecule has 3 heteroatoms. The molecule has 112 valence electrons. The van der Waals surface area contributed by atoms with Gasteiger partial charge in [0.1, 0.15) is 5.75 Å². The zero-order valence-electron chi connectivity index (χ0n) is 12.8. The fraction of sp³-hybridized carbons (Fsp3) is 0.0500. The fourth-order valence-corrected chi connectivity index (χ4v) is 2.44. The number of ether oxygens (including phenoxy) is 1. The molecule has 0 aliphatic heterocycles. The van der Waals surface area contributed by atoms with E-state index in [0.717, 1.165) is 22.6 Å². The molecule has 3 rings (SSSR count). The Balaban J connectivity index is 1.95. The highest BCUT2D eigenvalue weighted by atomic mass is 16.5. The summed E-state index contributed by atoms with van der Waals surface area (Å²) in [5, 5.41) is 9.49. The molecular formula is C20H16N2O. The summed E-state index contributed by atoms with van der Waals surface area (Å²) < 4.78 is 7.36. The molecule has 0 spiro atoms. The first-order valence-corrected chi connectivity index (χ1v) is 7.30. The zero-order valence-corrected chi connectivity index (χ0v) is 12.8. The van der Waals surface area contributed by atoms with Crippen LogP contribution in [0.1, 0.15) is 11.1 Å². The van der Waals surface area contributed by atoms with Crippen LogP contribution in [0.3, 0.4) is 0 Å². The first kappa shape index (κ1) is 14.7. The topological polar surface area (TPSA) is 37.9 Å². The number of nitrogens with zero attached hydrogens (tertiary/aromatic N) is 2. The van der Waals surface area contributed by atoms with Crippen LogP contribution < -0.4 is 4.74 Å². The largest absolute Gasteiger partial charge is 0.496 e. The van der Waals surface area contributed by atoms with Crippen LogP contribution in [0.4, 0.5) is 0 Å². The van der Waals surface area contributed by atoms with Crippen molar-refractivity contribution in [1.82, 2.24) is 4.57 Å². The van der Waals surface area contributed by atoms with Crippen molar-refractivity contribution in [3.63, 3.8) is 0 Å². The summed E-state index contributed by atoms with van der Waals surface area (Å²) in [5.41, 5.74) is 3.44. The van der Waals surface area contributed by atoms with E-state index in [-0.39, 0.29) is 0 Å². The van der Waals surface area contributed by atoms with Gasteiger partial charge >= 0.3 is 0 Å². The second kappa shape index (κ2) is 6.67. The van der Waals surface area contributed by atoms with Crippen molar-refractivity contribution in [2.45, 2.75) is 0 Å². The van der Waals surface area contributed by atoms with E-state index in [1.807, 2.05) is 83.7 Å². The second-order valence-electron chi connectivity index (χ2n) is 5.05. The molecule has 2 aromatic carbocycles. The Morgan fingerprint density at radius 2 is 1.70 bits per heavy atom. The number of rotatable bonds is 4. The molecule has 0 N–H and O–H groups in total. The van der Waals surface area contributed by atoms with Crippen LogP contribution in [-0.2, 0) is 0 Å². The van der Waals surface area contributed by atoms with Crippen LogP contribution >= 0.6 is 0 Å². The summed E-state index contributed by atoms with van der Waals surface area (Å²) in [4.78, 5) is 0. The van der Waals surface area contributed by atoms with Crippen LogP contribution in [0, 0.1) is 11.3 Å². The number of aromatic nitrogens is 1. The predicted octanol–water partition coefficient (Wildman–Crippen LogP) is 4.55. The van der Waals surface area contributed by atoms with E-state index < -0.39 is 0 Å². The quantitative estimate of drug-likeness (QED) is 0.523. The van der Waals surface area contributed by atoms with Gasteiger partial charge in [0, 0.05) is 23.6 Å². The fourth-order valence-electron chi connectivity index (χ4n) is 2.44. The van der Waals surface area contributed by atoms with Gasteiger partial charge in [-0.3, -0.25) is 0 Å². The van der Waals surface area contributed by atoms with E-state index >= 15 is 0 Å². The Kier molecular flexibility index (Phi) is 4.26. The lowest BCUT2D eigenvalue weighted by Crippen LogP contribution is -1.91. The lowest BCUT2D eigenvalue weighted by Gasteiger charge is -2.07. The van der Waals surface area contributed by atoms with E-state index in [1.54, 1.807) is 7.11 Å². The van der Waals surface area contributed by atoms with Crippen LogP contribution in [0.2, 0.25) is 0 Å². The van der Waals surface area contributed by atoms with Crippen LogP contribution in [0.15, 0.2) is 73.1 Å². The van der Waals surface area contributed by atoms with Crippen LogP contribution in [0.5, 0.6) is 5.75 Å². The standard InChI is InChI=1S/C20H16N2O/c1-23-20-7-3-2-6-17(20)14-18(15-21)16-8-10-19(11-9-16)22-12-4-5-13-22/h2-14H,1H3. The molecule has 0 saturated heterocycles. The van der Waals surface area contributed by atoms with E-state index in [2.05, 4.69) is 6.07 Å². The third-order valence-electron chi connectivity index (χ3n) is 3.64. The molecule has 3 nitrogen and oxygen atoms in total. The number of methoxy groups -OCH3 is 1. The second-order valence-corrected chi connectivity index (χ2v) is 5.05. The highest BCUT2D eigenvalue weighted by Gasteiger charge is 2.05. The molecule has 0 aliphatic carbocycles. The average Bonchev–Trinajstić information content (AvgIpc) is 3.15. The summed E-state index contributed by atoms with van der Waals surface area (Å²) in [6.07, 6.45) is 5.83. The van der Waals surface area contributed by atoms with Gasteiger partial charge in [0.05, 0.1) is 18.8 Å². The number of benzene rings is 2. The number of hydrogen-bond donors (Lipinski definition) is 0. The van der Waals surface area contributed by atoms with Crippen molar-refractivity contribution < 1.29 is 4.74 Å². The zero-order chi connectivity index (χ0) is 16.1. The van der Waals surface area contributed by atoms with Gasteiger partial charge in [0.15, 0.2) is 0 Å². The SMILES string of the molecule is COc1ccccc1C=C(C#N)c1ccc(-n2cccc2)cc1. The third-order valence-corrected chi connectivity index (χ3v) is 3.64. The Bertz CT molecular complexity index is 853. The van der Waals surface area contributed by atoms with Crippen LogP contribution in [-0.4, -0.2) is 11.7 Å². The van der Waals surface area contributed by atoms with Crippen molar-refractivity contribution in [1.29, 1.82) is 5.26 Å². The molecule has 0 aliphatic rings. The Labute approximate surface area is 135 Å². The number of nitriles is 1. The van der Waals surface area contributed by atoms with Gasteiger partial charge in [-0.05, 0) is 42.0 Å².